The van der Waals surface area contributed by atoms with Crippen molar-refractivity contribution in [2.24, 2.45) is 0 Å². The van der Waals surface area contributed by atoms with Crippen molar-refractivity contribution in [2.75, 3.05) is 0 Å². The van der Waals surface area contributed by atoms with Crippen LogP contribution >= 0.6 is 0 Å². The van der Waals surface area contributed by atoms with Gasteiger partial charge in [0.05, 0.1) is 12.2 Å². The Morgan fingerprint density at radius 1 is 1.22 bits per heavy atom. The Labute approximate surface area is 147 Å². The van der Waals surface area contributed by atoms with E-state index in [0.717, 1.165) is 6.39 Å². The molecule has 0 aromatic carbocycles. The van der Waals surface area contributed by atoms with Crippen LogP contribution in [0.4, 0.5) is 13.2 Å². The number of rotatable bonds is 4. The quantitative estimate of drug-likeness (QED) is 0.580. The normalized spacial score (nSPS) is 11.8. The van der Waals surface area contributed by atoms with E-state index in [4.69, 9.17) is 4.42 Å². The molecule has 0 unspecified atom stereocenters. The van der Waals surface area contributed by atoms with Crippen molar-refractivity contribution in [3.8, 4) is 11.4 Å². The molecule has 0 atom stereocenters. The van der Waals surface area contributed by atoms with E-state index in [1.807, 2.05) is 0 Å². The number of hydrogen-bond acceptors (Lipinski definition) is 7. The summed E-state index contributed by atoms with van der Waals surface area (Å²) < 4.78 is 48.2. The third kappa shape index (κ3) is 3.36. The molecule has 0 spiro atoms. The molecule has 0 saturated heterocycles. The zero-order valence-corrected chi connectivity index (χ0v) is 13.3. The van der Waals surface area contributed by atoms with Gasteiger partial charge < -0.3 is 18.7 Å². The molecule has 27 heavy (non-hydrogen) atoms. The number of carbonyl (C=O) groups is 1. The van der Waals surface area contributed by atoms with Crippen LogP contribution in [0.2, 0.25) is 0 Å². The standard InChI is InChI=1S/C15H9F3N6O3/c16-15(17,18)14-22-12(23-27-14)8-1-2-11-21-9(5-24(11)4-8)3-19-13(25)10-6-26-7-20-10/h1-2,4-7H,3H2,(H,19,25). The van der Waals surface area contributed by atoms with Crippen LogP contribution < -0.4 is 5.32 Å². The van der Waals surface area contributed by atoms with Crippen LogP contribution in [0.5, 0.6) is 0 Å². The number of amides is 1. The lowest BCUT2D eigenvalue weighted by atomic mass is 10.3. The fraction of sp³-hybridized carbons (Fsp3) is 0.133. The number of fused-ring (bicyclic) bond motifs is 1. The summed E-state index contributed by atoms with van der Waals surface area (Å²) in [6.07, 6.45) is 0.775. The van der Waals surface area contributed by atoms with E-state index < -0.39 is 18.0 Å². The van der Waals surface area contributed by atoms with Gasteiger partial charge in [0.25, 0.3) is 5.91 Å². The smallest absolute Gasteiger partial charge is 0.451 e. The predicted molar refractivity (Wildman–Crippen MR) is 81.2 cm³/mol. The Hall–Kier alpha value is -3.70. The maximum atomic E-state index is 12.6. The van der Waals surface area contributed by atoms with Gasteiger partial charge in [-0.25, -0.2) is 9.97 Å². The second-order valence-corrected chi connectivity index (χ2v) is 5.39. The van der Waals surface area contributed by atoms with E-state index in [9.17, 15) is 18.0 Å². The van der Waals surface area contributed by atoms with Crippen molar-refractivity contribution >= 4 is 11.6 Å². The number of nitrogens with zero attached hydrogens (tertiary/aromatic N) is 5. The summed E-state index contributed by atoms with van der Waals surface area (Å²) in [7, 11) is 0. The molecule has 0 bridgehead atoms. The highest BCUT2D eigenvalue weighted by molar-refractivity contribution is 5.91. The highest BCUT2D eigenvalue weighted by Gasteiger charge is 2.38. The Bertz CT molecular complexity index is 1100. The molecule has 4 aromatic rings. The first kappa shape index (κ1) is 16.8. The molecule has 4 rings (SSSR count). The molecule has 9 nitrogen and oxygen atoms in total. The number of hydrogen-bond donors (Lipinski definition) is 1. The molecule has 0 aliphatic heterocycles. The highest BCUT2D eigenvalue weighted by atomic mass is 19.4. The summed E-state index contributed by atoms with van der Waals surface area (Å²) >= 11 is 0. The lowest BCUT2D eigenvalue weighted by Gasteiger charge is -1.98. The third-order valence-electron chi connectivity index (χ3n) is 3.52. The summed E-state index contributed by atoms with van der Waals surface area (Å²) in [5.74, 6) is -2.04. The SMILES string of the molecule is O=C(NCc1cn2cc(-c3noc(C(F)(F)F)n3)ccc2n1)c1cocn1. The molecule has 0 saturated carbocycles. The monoisotopic (exact) mass is 378 g/mol. The van der Waals surface area contributed by atoms with Crippen LogP contribution in [0.25, 0.3) is 17.0 Å². The van der Waals surface area contributed by atoms with Crippen molar-refractivity contribution in [3.05, 3.63) is 54.5 Å². The average Bonchev–Trinajstić information content (AvgIpc) is 3.38. The van der Waals surface area contributed by atoms with Gasteiger partial charge in [-0.05, 0) is 12.1 Å². The first-order valence-corrected chi connectivity index (χ1v) is 7.45. The summed E-state index contributed by atoms with van der Waals surface area (Å²) in [5, 5.41) is 5.97. The first-order valence-electron chi connectivity index (χ1n) is 7.45. The second-order valence-electron chi connectivity index (χ2n) is 5.39. The molecule has 1 amide bonds. The summed E-state index contributed by atoms with van der Waals surface area (Å²) in [6.45, 7) is 0.128. The minimum Gasteiger partial charge on any atom is -0.451 e. The molecule has 12 heteroatoms. The van der Waals surface area contributed by atoms with E-state index in [2.05, 4.69) is 29.9 Å². The van der Waals surface area contributed by atoms with Crippen LogP contribution in [0.3, 0.4) is 0 Å². The predicted octanol–water partition coefficient (Wildman–Crippen LogP) is 2.32. The number of nitrogens with one attached hydrogen (secondary N) is 1. The highest BCUT2D eigenvalue weighted by Crippen LogP contribution is 2.29. The Morgan fingerprint density at radius 3 is 2.78 bits per heavy atom. The van der Waals surface area contributed by atoms with E-state index in [1.165, 1.54) is 18.5 Å². The number of carbonyl (C=O) groups excluding carboxylic acids is 1. The molecule has 0 aliphatic carbocycles. The van der Waals surface area contributed by atoms with Gasteiger partial charge in [0.15, 0.2) is 12.1 Å². The van der Waals surface area contributed by atoms with Gasteiger partial charge in [-0.15, -0.1) is 0 Å². The molecule has 0 radical (unpaired) electrons. The first-order chi connectivity index (χ1) is 12.9. The number of oxazole rings is 1. The van der Waals surface area contributed by atoms with Crippen molar-refractivity contribution in [3.63, 3.8) is 0 Å². The Balaban J connectivity index is 1.53. The van der Waals surface area contributed by atoms with E-state index in [0.29, 0.717) is 16.9 Å². The summed E-state index contributed by atoms with van der Waals surface area (Å²) in [4.78, 5) is 23.2. The van der Waals surface area contributed by atoms with Gasteiger partial charge in [0, 0.05) is 18.0 Å². The summed E-state index contributed by atoms with van der Waals surface area (Å²) in [6, 6.07) is 3.10. The molecule has 4 heterocycles. The van der Waals surface area contributed by atoms with Crippen LogP contribution in [0.15, 0.2) is 46.1 Å². The van der Waals surface area contributed by atoms with Gasteiger partial charge in [0.1, 0.15) is 11.9 Å². The molecule has 4 aromatic heterocycles. The fourth-order valence-corrected chi connectivity index (χ4v) is 2.30. The Morgan fingerprint density at radius 2 is 2.07 bits per heavy atom. The minimum absolute atomic E-state index is 0.128. The van der Waals surface area contributed by atoms with Gasteiger partial charge in [-0.3, -0.25) is 4.79 Å². The number of alkyl halides is 3. The van der Waals surface area contributed by atoms with Crippen LogP contribution in [0, 0.1) is 0 Å². The Kier molecular flexibility index (Phi) is 3.86. The van der Waals surface area contributed by atoms with Gasteiger partial charge in [0.2, 0.25) is 5.82 Å². The lowest BCUT2D eigenvalue weighted by molar-refractivity contribution is -0.159. The maximum absolute atomic E-state index is 12.6. The van der Waals surface area contributed by atoms with E-state index in [-0.39, 0.29) is 18.1 Å². The zero-order valence-electron chi connectivity index (χ0n) is 13.3. The van der Waals surface area contributed by atoms with E-state index >= 15 is 0 Å². The molecule has 138 valence electrons. The minimum atomic E-state index is -4.71. The molecular formula is C15H9F3N6O3. The number of halogens is 3. The number of imidazole rings is 1. The van der Waals surface area contributed by atoms with Gasteiger partial charge in [-0.1, -0.05) is 5.16 Å². The average molecular weight is 378 g/mol. The number of aromatic nitrogens is 5. The lowest BCUT2D eigenvalue weighted by Crippen LogP contribution is -2.23. The zero-order chi connectivity index (χ0) is 19.0. The second kappa shape index (κ2) is 6.23. The van der Waals surface area contributed by atoms with Crippen LogP contribution in [-0.4, -0.2) is 30.4 Å². The molecule has 0 aliphatic rings. The van der Waals surface area contributed by atoms with E-state index in [1.54, 1.807) is 16.7 Å². The topological polar surface area (TPSA) is 111 Å². The third-order valence-corrected chi connectivity index (χ3v) is 3.52. The molecule has 1 N–H and O–H groups in total. The van der Waals surface area contributed by atoms with Gasteiger partial charge in [-0.2, -0.15) is 18.2 Å². The molecular weight excluding hydrogens is 369 g/mol. The molecule has 0 fully saturated rings. The van der Waals surface area contributed by atoms with Crippen molar-refractivity contribution in [2.45, 2.75) is 12.7 Å². The van der Waals surface area contributed by atoms with Crippen LogP contribution in [-0.2, 0) is 12.7 Å². The van der Waals surface area contributed by atoms with Crippen molar-refractivity contribution < 1.29 is 26.9 Å². The fourth-order valence-electron chi connectivity index (χ4n) is 2.30. The van der Waals surface area contributed by atoms with Crippen LogP contribution in [0.1, 0.15) is 22.1 Å². The summed E-state index contributed by atoms with van der Waals surface area (Å²) in [5.41, 5.74) is 1.52. The number of pyridine rings is 1. The maximum Gasteiger partial charge on any atom is 0.471 e. The van der Waals surface area contributed by atoms with Gasteiger partial charge >= 0.3 is 12.1 Å². The largest absolute Gasteiger partial charge is 0.471 e. The van der Waals surface area contributed by atoms with Crippen molar-refractivity contribution in [1.82, 2.24) is 29.8 Å². The van der Waals surface area contributed by atoms with Crippen molar-refractivity contribution in [1.29, 1.82) is 0 Å².